The Bertz CT molecular complexity index is 5300. The first-order chi connectivity index (χ1) is 62.0. The Hall–Kier alpha value is -11.8. The fourth-order valence-electron chi connectivity index (χ4n) is 16.5. The number of benzene rings is 3. The summed E-state index contributed by atoms with van der Waals surface area (Å²) in [4.78, 5) is 129. The molecule has 3 amide bonds. The first-order valence-corrected chi connectivity index (χ1v) is 46.2. The molecular weight excluding hydrogens is 1640 g/mol. The number of carbonyl (C=O) groups excluding carboxylic acids is 6. The van der Waals surface area contributed by atoms with Crippen molar-refractivity contribution >= 4 is 105 Å². The van der Waals surface area contributed by atoms with E-state index in [1.807, 2.05) is 86.4 Å². The van der Waals surface area contributed by atoms with E-state index < -0.39 is 53.0 Å². The van der Waals surface area contributed by atoms with Crippen LogP contribution in [0.15, 0.2) is 115 Å². The summed E-state index contributed by atoms with van der Waals surface area (Å²) in [6.07, 6.45) is 27.9. The van der Waals surface area contributed by atoms with E-state index in [0.29, 0.717) is 108 Å². The van der Waals surface area contributed by atoms with E-state index in [9.17, 15) is 28.8 Å². The van der Waals surface area contributed by atoms with Gasteiger partial charge in [0.25, 0.3) is 0 Å². The molecule has 694 valence electrons. The molecule has 14 rings (SSSR count). The highest BCUT2D eigenvalue weighted by atomic mass is 16.6. The van der Waals surface area contributed by atoms with Crippen LogP contribution in [-0.4, -0.2) is 171 Å². The molecule has 1 aliphatic heterocycles. The highest BCUT2D eigenvalue weighted by Gasteiger charge is 2.35. The third-order valence-electron chi connectivity index (χ3n) is 22.9. The molecule has 8 heterocycles. The number of anilines is 6. The van der Waals surface area contributed by atoms with E-state index in [0.717, 1.165) is 48.1 Å². The van der Waals surface area contributed by atoms with Crippen molar-refractivity contribution in [2.75, 3.05) is 89.5 Å². The molecule has 3 aliphatic carbocycles. The van der Waals surface area contributed by atoms with E-state index in [4.69, 9.17) is 67.5 Å². The van der Waals surface area contributed by atoms with Crippen LogP contribution < -0.4 is 29.8 Å². The second-order valence-corrected chi connectivity index (χ2v) is 36.6. The lowest BCUT2D eigenvalue weighted by atomic mass is 9.84. The zero-order valence-electron chi connectivity index (χ0n) is 78.0. The maximum absolute atomic E-state index is 13.7. The summed E-state index contributed by atoms with van der Waals surface area (Å²) < 4.78 is 49.0. The summed E-state index contributed by atoms with van der Waals surface area (Å²) in [5, 5.41) is 3.41. The lowest BCUT2D eigenvalue weighted by Gasteiger charge is -2.30. The van der Waals surface area contributed by atoms with E-state index >= 15 is 0 Å². The first-order valence-electron chi connectivity index (χ1n) is 46.2. The fraction of sp³-hybridized carbons (Fsp3) is 0.557. The van der Waals surface area contributed by atoms with Crippen LogP contribution in [0.1, 0.15) is 269 Å². The van der Waals surface area contributed by atoms with E-state index in [2.05, 4.69) is 105 Å². The SMILES string of the molecule is CCCCCCNc1nc(N(Cc2ccc(C3CCCCC3)cc2)C(=O)OC(C)(C)C)nc2c1ncn2CC(=O)OCC.CCOC(=O)Cn1cnc2c(N(C)Cc3ccco3)nc(N(Cc3ccc(C4CCCCC4)cc3)C(=O)OC(C)(C)C)nc21.CCOC(=O)Cn1cnc2c(N3CCOCC3)nc(N(Cc3ccc(C4CCCCC4)cc3)C(=O)OC(C)(C)C)nc21. The van der Waals surface area contributed by atoms with Crippen LogP contribution >= 0.6 is 0 Å². The second-order valence-electron chi connectivity index (χ2n) is 36.6. The van der Waals surface area contributed by atoms with Gasteiger partial charge in [0, 0.05) is 26.7 Å². The summed E-state index contributed by atoms with van der Waals surface area (Å²) in [5.74, 6) is 3.37. The number of unbranched alkanes of at least 4 members (excludes halogenated alkanes) is 3. The van der Waals surface area contributed by atoms with Gasteiger partial charge >= 0.3 is 36.2 Å². The number of hydrogen-bond donors (Lipinski definition) is 1. The second kappa shape index (κ2) is 45.4. The molecule has 32 heteroatoms. The van der Waals surface area contributed by atoms with Crippen molar-refractivity contribution in [3.05, 3.63) is 149 Å². The van der Waals surface area contributed by atoms with Crippen LogP contribution in [0.3, 0.4) is 0 Å². The van der Waals surface area contributed by atoms with Gasteiger partial charge in [0.15, 0.2) is 50.9 Å². The van der Waals surface area contributed by atoms with Gasteiger partial charge in [-0.25, -0.2) is 44.0 Å². The number of esters is 3. The molecule has 1 N–H and O–H groups in total. The van der Waals surface area contributed by atoms with Gasteiger partial charge in [-0.05, 0) is 191 Å². The minimum atomic E-state index is -0.741. The molecule has 4 fully saturated rings. The molecule has 0 atom stereocenters. The van der Waals surface area contributed by atoms with E-state index in [1.54, 1.807) is 53.4 Å². The minimum absolute atomic E-state index is 0.0498. The predicted molar refractivity (Wildman–Crippen MR) is 496 cm³/mol. The van der Waals surface area contributed by atoms with Gasteiger partial charge in [0.1, 0.15) is 42.2 Å². The molecule has 1 saturated heterocycles. The zero-order chi connectivity index (χ0) is 91.8. The molecule has 7 aromatic heterocycles. The third kappa shape index (κ3) is 27.4. The monoisotopic (exact) mass is 1770 g/mol. The Morgan fingerprint density at radius 1 is 0.442 bits per heavy atom. The Kier molecular flexibility index (Phi) is 33.9. The number of morpholine rings is 1. The van der Waals surface area contributed by atoms with E-state index in [1.165, 1.54) is 134 Å². The molecule has 0 spiro atoms. The van der Waals surface area contributed by atoms with Crippen LogP contribution in [0.2, 0.25) is 0 Å². The molecular formula is C97H132N18O14. The van der Waals surface area contributed by atoms with Crippen molar-refractivity contribution in [1.29, 1.82) is 0 Å². The average Bonchev–Trinajstić information content (AvgIpc) is 1.67. The van der Waals surface area contributed by atoms with Gasteiger partial charge in [-0.1, -0.05) is 157 Å². The Morgan fingerprint density at radius 2 is 0.822 bits per heavy atom. The van der Waals surface area contributed by atoms with Gasteiger partial charge in [-0.3, -0.25) is 14.4 Å². The van der Waals surface area contributed by atoms with Crippen LogP contribution in [-0.2, 0) is 93.4 Å². The van der Waals surface area contributed by atoms with Gasteiger partial charge in [-0.2, -0.15) is 29.9 Å². The number of nitrogens with zero attached hydrogens (tertiary/aromatic N) is 17. The van der Waals surface area contributed by atoms with Crippen molar-refractivity contribution in [3.8, 4) is 0 Å². The summed E-state index contributed by atoms with van der Waals surface area (Å²) in [6, 6.07) is 29.2. The highest BCUT2D eigenvalue weighted by molar-refractivity contribution is 5.93. The van der Waals surface area contributed by atoms with Crippen molar-refractivity contribution < 1.29 is 66.3 Å². The highest BCUT2D eigenvalue weighted by Crippen LogP contribution is 2.38. The molecule has 4 aliphatic rings. The number of amides is 3. The Labute approximate surface area is 757 Å². The standard InChI is InChI=1S/C33H42N6O5.C33H48N6O4.C31H42N6O5/c1-6-42-27(40)21-38-22-34-28-29(37(5)20-26-13-10-18-43-26)35-31(36-30(28)38)39(32(41)44-33(2,3)4)19-23-14-16-25(17-15-23)24-11-8-7-9-12-24;1-6-8-9-13-20-34-29-28-30(38(23-35-28)22-27(40)42-7-2)37-31(36-29)39(32(41)43-33(3,4)5)21-24-16-18-26(19-17-24)25-14-11-10-12-15-25;1-5-41-25(38)20-36-21-32-26-27(35-15-17-40-18-16-35)33-29(34-28(26)36)37(30(39)42-31(2,3)4)19-22-11-13-24(14-12-22)23-9-7-6-8-10-23/h10,13-18,22,24H,6-9,11-12,19-21H2,1-5H3;16-19,23,25H,6-15,20-22H2,1-5H3,(H,34,36,37);11-14,21,23H,5-10,15-20H2,1-4H3. The number of nitrogens with one attached hydrogen (secondary N) is 1. The quantitative estimate of drug-likeness (QED) is 0.0239. The molecule has 0 unspecified atom stereocenters. The molecule has 32 nitrogen and oxygen atoms in total. The van der Waals surface area contributed by atoms with Crippen LogP contribution in [0.5, 0.6) is 0 Å². The van der Waals surface area contributed by atoms with Gasteiger partial charge < -0.3 is 66.4 Å². The number of imidazole rings is 3. The van der Waals surface area contributed by atoms with Crippen molar-refractivity contribution in [2.45, 2.75) is 292 Å². The van der Waals surface area contributed by atoms with Crippen LogP contribution in [0.4, 0.5) is 49.7 Å². The first kappa shape index (κ1) is 96.3. The number of furan rings is 1. The molecule has 3 aromatic carbocycles. The van der Waals surface area contributed by atoms with Crippen LogP contribution in [0, 0.1) is 0 Å². The number of fused-ring (bicyclic) bond motifs is 3. The largest absolute Gasteiger partial charge is 0.467 e. The number of rotatable bonds is 31. The number of hydrogen-bond acceptors (Lipinski definition) is 26. The Morgan fingerprint density at radius 3 is 1.21 bits per heavy atom. The minimum Gasteiger partial charge on any atom is -0.467 e. The number of aromatic nitrogens is 12. The van der Waals surface area contributed by atoms with Crippen molar-refractivity contribution in [1.82, 2.24) is 58.6 Å². The number of carbonyl (C=O) groups is 6. The topological polar surface area (TPSA) is 339 Å². The summed E-state index contributed by atoms with van der Waals surface area (Å²) in [6.45, 7) is 28.6. The molecule has 10 aromatic rings. The Balaban J connectivity index is 0.000000175. The zero-order valence-corrected chi connectivity index (χ0v) is 78.0. The number of ether oxygens (including phenoxy) is 7. The lowest BCUT2D eigenvalue weighted by molar-refractivity contribution is -0.144. The lowest BCUT2D eigenvalue weighted by Crippen LogP contribution is -2.39. The third-order valence-corrected chi connectivity index (χ3v) is 22.9. The summed E-state index contributed by atoms with van der Waals surface area (Å²) in [5.41, 5.74) is 7.50. The molecule has 3 saturated carbocycles. The maximum atomic E-state index is 13.7. The summed E-state index contributed by atoms with van der Waals surface area (Å²) >= 11 is 0. The molecule has 0 bridgehead atoms. The van der Waals surface area contributed by atoms with Crippen molar-refractivity contribution in [3.63, 3.8) is 0 Å². The maximum Gasteiger partial charge on any atom is 0.417 e. The molecule has 129 heavy (non-hydrogen) atoms. The summed E-state index contributed by atoms with van der Waals surface area (Å²) in [7, 11) is 1.86. The predicted octanol–water partition coefficient (Wildman–Crippen LogP) is 19.2. The van der Waals surface area contributed by atoms with Gasteiger partial charge in [0.05, 0.1) is 84.5 Å². The fourth-order valence-corrected chi connectivity index (χ4v) is 16.5. The van der Waals surface area contributed by atoms with E-state index in [-0.39, 0.29) is 76.9 Å². The van der Waals surface area contributed by atoms with Crippen LogP contribution in [0.25, 0.3) is 33.5 Å². The molecule has 0 radical (unpaired) electrons. The normalized spacial score (nSPS) is 14.8. The van der Waals surface area contributed by atoms with Crippen molar-refractivity contribution in [2.24, 2.45) is 0 Å². The smallest absolute Gasteiger partial charge is 0.417 e. The van der Waals surface area contributed by atoms with Gasteiger partial charge in [0.2, 0.25) is 17.8 Å². The average molecular weight is 1770 g/mol. The van der Waals surface area contributed by atoms with Gasteiger partial charge in [-0.15, -0.1) is 0 Å².